The molecule has 28 heavy (non-hydrogen) atoms. The van der Waals surface area contributed by atoms with Gasteiger partial charge in [-0.15, -0.1) is 0 Å². The Morgan fingerprint density at radius 2 is 1.75 bits per heavy atom. The Kier molecular flexibility index (Phi) is 5.49. The second kappa shape index (κ2) is 8.00. The zero-order valence-electron chi connectivity index (χ0n) is 16.1. The number of amides is 1. The molecule has 0 radical (unpaired) electrons. The fourth-order valence-electron chi connectivity index (χ4n) is 3.14. The van der Waals surface area contributed by atoms with Crippen LogP contribution in [0.1, 0.15) is 37.7 Å². The normalized spacial score (nSPS) is 10.5. The quantitative estimate of drug-likeness (QED) is 0.665. The maximum Gasteiger partial charge on any atom is 0.340 e. The van der Waals surface area contributed by atoms with Gasteiger partial charge in [0.25, 0.3) is 0 Å². The van der Waals surface area contributed by atoms with Gasteiger partial charge in [-0.25, -0.2) is 4.79 Å². The largest absolute Gasteiger partial charge is 0.497 e. The molecule has 0 aliphatic rings. The third-order valence-electron chi connectivity index (χ3n) is 4.56. The van der Waals surface area contributed by atoms with Crippen molar-refractivity contribution in [3.05, 3.63) is 82.7 Å². The van der Waals surface area contributed by atoms with Crippen LogP contribution >= 0.6 is 0 Å². The van der Waals surface area contributed by atoms with Gasteiger partial charge in [-0.05, 0) is 61.9 Å². The molecule has 0 bridgehead atoms. The number of aromatic nitrogens is 1. The molecule has 2 N–H and O–H groups in total. The minimum atomic E-state index is -0.517. The van der Waals surface area contributed by atoms with E-state index in [0.717, 1.165) is 22.8 Å². The molecule has 6 nitrogen and oxygen atoms in total. The molecule has 1 amide bonds. The number of carbonyl (C=O) groups excluding carboxylic acids is 2. The summed E-state index contributed by atoms with van der Waals surface area (Å²) in [5, 5.41) is 0. The molecule has 0 aliphatic carbocycles. The number of hydrogen-bond donors (Lipinski definition) is 1. The fourth-order valence-corrected chi connectivity index (χ4v) is 3.14. The van der Waals surface area contributed by atoms with E-state index in [1.807, 2.05) is 48.7 Å². The summed E-state index contributed by atoms with van der Waals surface area (Å²) in [6, 6.07) is 16.1. The van der Waals surface area contributed by atoms with Crippen LogP contribution in [0.2, 0.25) is 0 Å². The molecule has 2 aromatic carbocycles. The van der Waals surface area contributed by atoms with Crippen molar-refractivity contribution in [2.24, 2.45) is 5.73 Å². The lowest BCUT2D eigenvalue weighted by Crippen LogP contribution is -2.12. The van der Waals surface area contributed by atoms with E-state index in [4.69, 9.17) is 15.2 Å². The lowest BCUT2D eigenvalue weighted by molar-refractivity contribution is 0.0472. The van der Waals surface area contributed by atoms with Crippen LogP contribution in [-0.4, -0.2) is 23.6 Å². The Labute approximate surface area is 163 Å². The Morgan fingerprint density at radius 1 is 1.04 bits per heavy atom. The maximum absolute atomic E-state index is 12.6. The van der Waals surface area contributed by atoms with Crippen LogP contribution in [0, 0.1) is 13.8 Å². The molecular formula is C22H22N2O4. The smallest absolute Gasteiger partial charge is 0.340 e. The Hall–Kier alpha value is -3.54. The summed E-state index contributed by atoms with van der Waals surface area (Å²) in [6.45, 7) is 3.87. The van der Waals surface area contributed by atoms with Crippen LogP contribution in [0.25, 0.3) is 5.69 Å². The molecule has 0 aliphatic heterocycles. The lowest BCUT2D eigenvalue weighted by Gasteiger charge is -2.11. The molecule has 144 valence electrons. The predicted octanol–water partition coefficient (Wildman–Crippen LogP) is 3.56. The van der Waals surface area contributed by atoms with Gasteiger partial charge in [0.05, 0.1) is 12.7 Å². The van der Waals surface area contributed by atoms with E-state index >= 15 is 0 Å². The number of hydrogen-bond acceptors (Lipinski definition) is 4. The fraction of sp³-hybridized carbons (Fsp3) is 0.182. The van der Waals surface area contributed by atoms with Gasteiger partial charge in [-0.2, -0.15) is 0 Å². The minimum absolute atomic E-state index is 0.0617. The number of nitrogens with zero attached hydrogens (tertiary/aromatic N) is 1. The summed E-state index contributed by atoms with van der Waals surface area (Å²) in [6.07, 6.45) is 0. The SMILES string of the molecule is COc1ccc(-n2c(C)cc(C(=O)OCc3cccc(C(N)=O)c3)c2C)cc1. The van der Waals surface area contributed by atoms with Crippen LogP contribution in [0.15, 0.2) is 54.6 Å². The van der Waals surface area contributed by atoms with Crippen molar-refractivity contribution in [3.8, 4) is 11.4 Å². The molecule has 6 heteroatoms. The van der Waals surface area contributed by atoms with Crippen molar-refractivity contribution in [2.45, 2.75) is 20.5 Å². The van der Waals surface area contributed by atoms with Crippen molar-refractivity contribution in [1.29, 1.82) is 0 Å². The minimum Gasteiger partial charge on any atom is -0.497 e. The topological polar surface area (TPSA) is 83.6 Å². The maximum atomic E-state index is 12.6. The zero-order valence-corrected chi connectivity index (χ0v) is 16.1. The van der Waals surface area contributed by atoms with E-state index < -0.39 is 11.9 Å². The van der Waals surface area contributed by atoms with Crippen molar-refractivity contribution in [2.75, 3.05) is 7.11 Å². The first-order chi connectivity index (χ1) is 13.4. The van der Waals surface area contributed by atoms with E-state index in [1.54, 1.807) is 31.4 Å². The third-order valence-corrected chi connectivity index (χ3v) is 4.56. The van der Waals surface area contributed by atoms with Gasteiger partial charge in [0.15, 0.2) is 0 Å². The Morgan fingerprint density at radius 3 is 2.39 bits per heavy atom. The van der Waals surface area contributed by atoms with Gasteiger partial charge in [-0.3, -0.25) is 4.79 Å². The van der Waals surface area contributed by atoms with E-state index in [1.165, 1.54) is 0 Å². The monoisotopic (exact) mass is 378 g/mol. The molecule has 0 saturated heterocycles. The average Bonchev–Trinajstić information content (AvgIpc) is 3.00. The van der Waals surface area contributed by atoms with Crippen LogP contribution in [0.3, 0.4) is 0 Å². The second-order valence-corrected chi connectivity index (χ2v) is 6.46. The standard InChI is InChI=1S/C22H22N2O4/c1-14-11-20(15(2)24(14)18-7-9-19(27-3)10-8-18)22(26)28-13-16-5-4-6-17(12-16)21(23)25/h4-12H,13H2,1-3H3,(H2,23,25). The zero-order chi connectivity index (χ0) is 20.3. The van der Waals surface area contributed by atoms with Crippen LogP contribution in [-0.2, 0) is 11.3 Å². The van der Waals surface area contributed by atoms with Gasteiger partial charge in [0, 0.05) is 22.6 Å². The number of ether oxygens (including phenoxy) is 2. The molecule has 1 aromatic heterocycles. The first-order valence-corrected chi connectivity index (χ1v) is 8.80. The molecule has 0 unspecified atom stereocenters. The van der Waals surface area contributed by atoms with Gasteiger partial charge < -0.3 is 19.8 Å². The molecule has 1 heterocycles. The molecule has 0 fully saturated rings. The number of nitrogens with two attached hydrogens (primary N) is 1. The number of primary amides is 1. The summed E-state index contributed by atoms with van der Waals surface area (Å²) in [4.78, 5) is 23.9. The first-order valence-electron chi connectivity index (χ1n) is 8.80. The van der Waals surface area contributed by atoms with E-state index in [-0.39, 0.29) is 6.61 Å². The van der Waals surface area contributed by atoms with E-state index in [9.17, 15) is 9.59 Å². The van der Waals surface area contributed by atoms with Crippen molar-refractivity contribution < 1.29 is 19.1 Å². The highest BCUT2D eigenvalue weighted by Crippen LogP contribution is 2.23. The lowest BCUT2D eigenvalue weighted by atomic mass is 10.1. The molecule has 0 atom stereocenters. The highest BCUT2D eigenvalue weighted by atomic mass is 16.5. The highest BCUT2D eigenvalue weighted by molar-refractivity contribution is 5.93. The number of esters is 1. The van der Waals surface area contributed by atoms with Crippen molar-refractivity contribution >= 4 is 11.9 Å². The van der Waals surface area contributed by atoms with Crippen LogP contribution < -0.4 is 10.5 Å². The predicted molar refractivity (Wildman–Crippen MR) is 106 cm³/mol. The Bertz CT molecular complexity index is 1020. The average molecular weight is 378 g/mol. The first kappa shape index (κ1) is 19.2. The summed E-state index contributed by atoms with van der Waals surface area (Å²) in [5.41, 5.74) is 9.51. The summed E-state index contributed by atoms with van der Waals surface area (Å²) in [7, 11) is 1.62. The summed E-state index contributed by atoms with van der Waals surface area (Å²) < 4.78 is 12.6. The molecule has 3 rings (SSSR count). The second-order valence-electron chi connectivity index (χ2n) is 6.46. The highest BCUT2D eigenvalue weighted by Gasteiger charge is 2.18. The van der Waals surface area contributed by atoms with Gasteiger partial charge >= 0.3 is 5.97 Å². The summed E-state index contributed by atoms with van der Waals surface area (Å²) in [5.74, 6) is -0.169. The molecule has 3 aromatic rings. The number of methoxy groups -OCH3 is 1. The van der Waals surface area contributed by atoms with Crippen LogP contribution in [0.5, 0.6) is 5.75 Å². The molecule has 0 spiro atoms. The van der Waals surface area contributed by atoms with E-state index in [0.29, 0.717) is 16.7 Å². The number of aryl methyl sites for hydroxylation is 1. The summed E-state index contributed by atoms with van der Waals surface area (Å²) >= 11 is 0. The third kappa shape index (κ3) is 3.91. The van der Waals surface area contributed by atoms with Gasteiger partial charge in [-0.1, -0.05) is 12.1 Å². The van der Waals surface area contributed by atoms with E-state index in [2.05, 4.69) is 0 Å². The van der Waals surface area contributed by atoms with Crippen molar-refractivity contribution in [1.82, 2.24) is 4.57 Å². The molecular weight excluding hydrogens is 356 g/mol. The van der Waals surface area contributed by atoms with Crippen LogP contribution in [0.4, 0.5) is 0 Å². The van der Waals surface area contributed by atoms with Gasteiger partial charge in [0.1, 0.15) is 12.4 Å². The number of rotatable bonds is 6. The van der Waals surface area contributed by atoms with Gasteiger partial charge in [0.2, 0.25) is 5.91 Å². The molecule has 0 saturated carbocycles. The number of benzene rings is 2. The number of carbonyl (C=O) groups is 2. The van der Waals surface area contributed by atoms with Crippen molar-refractivity contribution in [3.63, 3.8) is 0 Å². The Balaban J connectivity index is 1.79.